The first-order valence-electron chi connectivity index (χ1n) is 8.06. The molecular formula is C19H25N3O3. The molecular weight excluding hydrogens is 318 g/mol. The Bertz CT molecular complexity index is 712. The van der Waals surface area contributed by atoms with Crippen molar-refractivity contribution >= 4 is 11.6 Å². The van der Waals surface area contributed by atoms with Gasteiger partial charge in [-0.25, -0.2) is 4.99 Å². The third-order valence-electron chi connectivity index (χ3n) is 3.41. The molecule has 0 unspecified atom stereocenters. The van der Waals surface area contributed by atoms with Gasteiger partial charge in [0, 0.05) is 17.3 Å². The second kappa shape index (κ2) is 8.82. The maximum absolute atomic E-state index is 5.96. The van der Waals surface area contributed by atoms with Crippen molar-refractivity contribution in [2.45, 2.75) is 26.5 Å². The van der Waals surface area contributed by atoms with E-state index in [4.69, 9.17) is 19.9 Å². The number of anilines is 1. The van der Waals surface area contributed by atoms with Crippen LogP contribution in [0.3, 0.4) is 0 Å². The minimum atomic E-state index is 0.143. The van der Waals surface area contributed by atoms with Crippen LogP contribution in [0, 0.1) is 0 Å². The lowest BCUT2D eigenvalue weighted by Gasteiger charge is -2.11. The van der Waals surface area contributed by atoms with E-state index in [2.05, 4.69) is 10.3 Å². The number of ether oxygens (including phenoxy) is 3. The van der Waals surface area contributed by atoms with E-state index in [0.717, 1.165) is 22.7 Å². The van der Waals surface area contributed by atoms with E-state index < -0.39 is 0 Å². The largest absolute Gasteiger partial charge is 0.497 e. The van der Waals surface area contributed by atoms with Crippen LogP contribution in [0.15, 0.2) is 47.5 Å². The molecule has 134 valence electrons. The quantitative estimate of drug-likeness (QED) is 0.595. The number of nitrogens with two attached hydrogens (primary N) is 1. The molecule has 2 aromatic rings. The highest BCUT2D eigenvalue weighted by molar-refractivity contribution is 5.92. The van der Waals surface area contributed by atoms with Crippen molar-refractivity contribution in [1.82, 2.24) is 0 Å². The van der Waals surface area contributed by atoms with Gasteiger partial charge in [-0.1, -0.05) is 0 Å². The first-order valence-corrected chi connectivity index (χ1v) is 8.06. The zero-order valence-electron chi connectivity index (χ0n) is 15.1. The van der Waals surface area contributed by atoms with E-state index >= 15 is 0 Å². The zero-order valence-corrected chi connectivity index (χ0v) is 15.1. The summed E-state index contributed by atoms with van der Waals surface area (Å²) >= 11 is 0. The average molecular weight is 343 g/mol. The van der Waals surface area contributed by atoms with Gasteiger partial charge in [-0.2, -0.15) is 0 Å². The van der Waals surface area contributed by atoms with Crippen molar-refractivity contribution < 1.29 is 14.2 Å². The number of benzene rings is 2. The third kappa shape index (κ3) is 5.60. The van der Waals surface area contributed by atoms with E-state index in [1.165, 1.54) is 0 Å². The molecule has 2 rings (SSSR count). The van der Waals surface area contributed by atoms with Crippen molar-refractivity contribution in [1.29, 1.82) is 0 Å². The first-order chi connectivity index (χ1) is 12.0. The Balaban J connectivity index is 2.00. The number of nitrogens with zero attached hydrogens (tertiary/aromatic N) is 1. The second-order valence-electron chi connectivity index (χ2n) is 5.70. The van der Waals surface area contributed by atoms with Crippen LogP contribution in [0.1, 0.15) is 19.4 Å². The average Bonchev–Trinajstić information content (AvgIpc) is 2.61. The molecule has 0 radical (unpaired) electrons. The van der Waals surface area contributed by atoms with Crippen LogP contribution in [-0.4, -0.2) is 26.3 Å². The van der Waals surface area contributed by atoms with Gasteiger partial charge >= 0.3 is 0 Å². The molecule has 6 heteroatoms. The van der Waals surface area contributed by atoms with E-state index in [0.29, 0.717) is 18.3 Å². The Morgan fingerprint density at radius 1 is 1.04 bits per heavy atom. The van der Waals surface area contributed by atoms with Gasteiger partial charge in [0.15, 0.2) is 5.96 Å². The van der Waals surface area contributed by atoms with Gasteiger partial charge in [0.05, 0.1) is 26.9 Å². The van der Waals surface area contributed by atoms with E-state index in [9.17, 15) is 0 Å². The molecule has 0 bridgehead atoms. The summed E-state index contributed by atoms with van der Waals surface area (Å²) in [5.74, 6) is 2.60. The van der Waals surface area contributed by atoms with Crippen LogP contribution in [0.5, 0.6) is 17.2 Å². The summed E-state index contributed by atoms with van der Waals surface area (Å²) in [6, 6.07) is 13.2. The van der Waals surface area contributed by atoms with Gasteiger partial charge in [0.2, 0.25) is 0 Å². The Labute approximate surface area is 148 Å². The normalized spacial score (nSPS) is 11.3. The number of aliphatic imine (C=N–C) groups is 1. The summed E-state index contributed by atoms with van der Waals surface area (Å²) < 4.78 is 16.2. The highest BCUT2D eigenvalue weighted by Crippen LogP contribution is 2.25. The van der Waals surface area contributed by atoms with Crippen molar-refractivity contribution in [3.8, 4) is 17.2 Å². The summed E-state index contributed by atoms with van der Waals surface area (Å²) in [6.45, 7) is 4.38. The van der Waals surface area contributed by atoms with Crippen molar-refractivity contribution in [3.05, 3.63) is 48.0 Å². The minimum Gasteiger partial charge on any atom is -0.497 e. The Morgan fingerprint density at radius 2 is 1.72 bits per heavy atom. The molecule has 0 aliphatic rings. The number of guanidine groups is 1. The molecule has 0 aromatic heterocycles. The van der Waals surface area contributed by atoms with Gasteiger partial charge < -0.3 is 25.3 Å². The van der Waals surface area contributed by atoms with Gasteiger partial charge in [-0.05, 0) is 50.2 Å². The molecule has 6 nitrogen and oxygen atoms in total. The maximum Gasteiger partial charge on any atom is 0.193 e. The van der Waals surface area contributed by atoms with Crippen LogP contribution in [0.25, 0.3) is 0 Å². The topological polar surface area (TPSA) is 78.1 Å². The summed E-state index contributed by atoms with van der Waals surface area (Å²) in [7, 11) is 3.23. The zero-order chi connectivity index (χ0) is 18.2. The number of hydrogen-bond donors (Lipinski definition) is 2. The molecule has 0 aliphatic carbocycles. The Hall–Kier alpha value is -2.89. The van der Waals surface area contributed by atoms with Crippen molar-refractivity contribution in [3.63, 3.8) is 0 Å². The highest BCUT2D eigenvalue weighted by atomic mass is 16.5. The number of nitrogens with one attached hydrogen (secondary N) is 1. The fourth-order valence-corrected chi connectivity index (χ4v) is 2.23. The van der Waals surface area contributed by atoms with Crippen LogP contribution in [0.4, 0.5) is 5.69 Å². The summed E-state index contributed by atoms with van der Waals surface area (Å²) in [5.41, 5.74) is 7.73. The molecule has 3 N–H and O–H groups in total. The Kier molecular flexibility index (Phi) is 6.51. The fraction of sp³-hybridized carbons (Fsp3) is 0.316. The lowest BCUT2D eigenvalue weighted by atomic mass is 10.2. The molecule has 0 amide bonds. The number of methoxy groups -OCH3 is 2. The van der Waals surface area contributed by atoms with Crippen LogP contribution >= 0.6 is 0 Å². The molecule has 0 aliphatic heterocycles. The van der Waals surface area contributed by atoms with Gasteiger partial charge in [0.25, 0.3) is 0 Å². The molecule has 0 atom stereocenters. The first kappa shape index (κ1) is 18.4. The van der Waals surface area contributed by atoms with Gasteiger partial charge in [-0.3, -0.25) is 0 Å². The van der Waals surface area contributed by atoms with E-state index in [1.54, 1.807) is 14.2 Å². The molecule has 0 heterocycles. The van der Waals surface area contributed by atoms with E-state index in [-0.39, 0.29) is 6.10 Å². The summed E-state index contributed by atoms with van der Waals surface area (Å²) in [5, 5.41) is 3.06. The van der Waals surface area contributed by atoms with Crippen LogP contribution in [-0.2, 0) is 6.54 Å². The standard InChI is InChI=1S/C19H25N3O3/c1-13(2)25-16-9-6-15(7-10-16)22-19(20)21-12-14-5-8-17(23-3)11-18(14)24-4/h5-11,13H,12H2,1-4H3,(H3,20,21,22). The molecule has 0 saturated heterocycles. The second-order valence-corrected chi connectivity index (χ2v) is 5.70. The molecule has 2 aromatic carbocycles. The lowest BCUT2D eigenvalue weighted by molar-refractivity contribution is 0.242. The highest BCUT2D eigenvalue weighted by Gasteiger charge is 2.05. The van der Waals surface area contributed by atoms with Crippen LogP contribution in [0.2, 0.25) is 0 Å². The van der Waals surface area contributed by atoms with Crippen molar-refractivity contribution in [2.75, 3.05) is 19.5 Å². The lowest BCUT2D eigenvalue weighted by Crippen LogP contribution is -2.22. The van der Waals surface area contributed by atoms with E-state index in [1.807, 2.05) is 56.3 Å². The monoisotopic (exact) mass is 343 g/mol. The SMILES string of the molecule is COc1ccc(CN=C(N)Nc2ccc(OC(C)C)cc2)c(OC)c1. The van der Waals surface area contributed by atoms with Crippen molar-refractivity contribution in [2.24, 2.45) is 10.7 Å². The number of rotatable bonds is 7. The Morgan fingerprint density at radius 3 is 2.32 bits per heavy atom. The molecule has 0 spiro atoms. The molecule has 0 fully saturated rings. The van der Waals surface area contributed by atoms with Gasteiger partial charge in [0.1, 0.15) is 17.2 Å². The van der Waals surface area contributed by atoms with Crippen LogP contribution < -0.4 is 25.3 Å². The molecule has 0 saturated carbocycles. The summed E-state index contributed by atoms with van der Waals surface area (Å²) in [4.78, 5) is 4.36. The third-order valence-corrected chi connectivity index (χ3v) is 3.41. The predicted octanol–water partition coefficient (Wildman–Crippen LogP) is 3.42. The molecule has 25 heavy (non-hydrogen) atoms. The predicted molar refractivity (Wildman–Crippen MR) is 101 cm³/mol. The smallest absolute Gasteiger partial charge is 0.193 e. The summed E-state index contributed by atoms with van der Waals surface area (Å²) in [6.07, 6.45) is 0.143. The number of hydrogen-bond acceptors (Lipinski definition) is 4. The van der Waals surface area contributed by atoms with Gasteiger partial charge in [-0.15, -0.1) is 0 Å². The minimum absolute atomic E-state index is 0.143. The maximum atomic E-state index is 5.96. The fourth-order valence-electron chi connectivity index (χ4n) is 2.23.